The summed E-state index contributed by atoms with van der Waals surface area (Å²) < 4.78 is 6.58. The third kappa shape index (κ3) is 4.94. The highest BCUT2D eigenvalue weighted by Gasteiger charge is 2.38. The lowest BCUT2D eigenvalue weighted by Gasteiger charge is -2.32. The molecular formula is C58H43NO. The highest BCUT2D eigenvalue weighted by atomic mass is 16.3. The smallest absolute Gasteiger partial charge is 0.136 e. The number of benzene rings is 9. The Kier molecular flexibility index (Phi) is 7.36. The van der Waals surface area contributed by atoms with E-state index in [1.807, 2.05) is 0 Å². The molecular weight excluding hydrogens is 727 g/mol. The highest BCUT2D eigenvalue weighted by molar-refractivity contribution is 6.16. The first-order valence-corrected chi connectivity index (χ1v) is 21.1. The maximum Gasteiger partial charge on any atom is 0.136 e. The molecule has 0 saturated heterocycles. The van der Waals surface area contributed by atoms with Crippen molar-refractivity contribution in [1.82, 2.24) is 0 Å². The van der Waals surface area contributed by atoms with Crippen LogP contribution in [0.4, 0.5) is 17.1 Å². The summed E-state index contributed by atoms with van der Waals surface area (Å²) >= 11 is 0. The number of para-hydroxylation sites is 1. The van der Waals surface area contributed by atoms with E-state index in [0.29, 0.717) is 0 Å². The lowest BCUT2D eigenvalue weighted by Crippen LogP contribution is -2.18. The highest BCUT2D eigenvalue weighted by Crippen LogP contribution is 2.55. The summed E-state index contributed by atoms with van der Waals surface area (Å²) in [5, 5.41) is 4.68. The summed E-state index contributed by atoms with van der Waals surface area (Å²) in [5.74, 6) is 0. The van der Waals surface area contributed by atoms with Crippen LogP contribution in [0, 0.1) is 0 Å². The van der Waals surface area contributed by atoms with Crippen LogP contribution in [-0.2, 0) is 10.8 Å². The van der Waals surface area contributed by atoms with Crippen molar-refractivity contribution < 1.29 is 4.42 Å². The normalized spacial score (nSPS) is 14.3. The number of fused-ring (bicyclic) bond motifs is 10. The van der Waals surface area contributed by atoms with Gasteiger partial charge in [-0.15, -0.1) is 0 Å². The van der Waals surface area contributed by atoms with Gasteiger partial charge in [0.15, 0.2) is 0 Å². The molecule has 1 heterocycles. The Morgan fingerprint density at radius 1 is 0.383 bits per heavy atom. The Morgan fingerprint density at radius 2 is 0.917 bits per heavy atom. The second-order valence-corrected chi connectivity index (χ2v) is 17.7. The molecule has 0 radical (unpaired) electrons. The van der Waals surface area contributed by atoms with Gasteiger partial charge in [0.25, 0.3) is 0 Å². The number of furan rings is 1. The summed E-state index contributed by atoms with van der Waals surface area (Å²) in [6.45, 7) is 9.49. The first-order valence-electron chi connectivity index (χ1n) is 21.1. The fraction of sp³-hybridized carbons (Fsp3) is 0.103. The first kappa shape index (κ1) is 34.8. The fourth-order valence-electron chi connectivity index (χ4n) is 10.7. The molecule has 10 aromatic rings. The summed E-state index contributed by atoms with van der Waals surface area (Å²) in [6.07, 6.45) is 0. The van der Waals surface area contributed by atoms with Crippen LogP contribution in [0.15, 0.2) is 192 Å². The molecule has 9 aromatic carbocycles. The quantitative estimate of drug-likeness (QED) is 0.173. The number of anilines is 3. The van der Waals surface area contributed by atoms with Crippen molar-refractivity contribution in [3.63, 3.8) is 0 Å². The van der Waals surface area contributed by atoms with Gasteiger partial charge >= 0.3 is 0 Å². The summed E-state index contributed by atoms with van der Waals surface area (Å²) in [4.78, 5) is 2.53. The minimum atomic E-state index is -0.160. The van der Waals surface area contributed by atoms with E-state index in [0.717, 1.165) is 50.1 Å². The zero-order valence-electron chi connectivity index (χ0n) is 34.3. The third-order valence-corrected chi connectivity index (χ3v) is 13.7. The molecule has 0 spiro atoms. The third-order valence-electron chi connectivity index (χ3n) is 13.7. The predicted molar refractivity (Wildman–Crippen MR) is 252 cm³/mol. The zero-order valence-corrected chi connectivity index (χ0v) is 34.3. The van der Waals surface area contributed by atoms with Crippen molar-refractivity contribution in [1.29, 1.82) is 0 Å². The maximum absolute atomic E-state index is 6.58. The van der Waals surface area contributed by atoms with Crippen molar-refractivity contribution in [3.8, 4) is 44.5 Å². The van der Waals surface area contributed by atoms with E-state index >= 15 is 0 Å². The SMILES string of the molecule is CC1(C)c2ccccc2-c2ccc(N(c3ccc4c(c3)C(C)(C)c3ccccc3-4)c3cccc(-c4ccc5ccccc5c4)c3-c3cccc4oc5ccccc5c34)cc21. The Hall–Kier alpha value is -7.16. The van der Waals surface area contributed by atoms with Crippen LogP contribution >= 0.6 is 0 Å². The molecule has 2 nitrogen and oxygen atoms in total. The fourth-order valence-corrected chi connectivity index (χ4v) is 10.7. The molecule has 0 aliphatic heterocycles. The molecule has 1 aromatic heterocycles. The largest absolute Gasteiger partial charge is 0.456 e. The van der Waals surface area contributed by atoms with Crippen LogP contribution in [-0.4, -0.2) is 0 Å². The standard InChI is InChI=1S/C58H43NO/c1-57(2)48-22-10-7-17-42(48)44-31-29-39(34-50(44)57)59(40-30-32-45-43-18-8-11-23-49(43)58(3,4)51(45)35-40)52-24-13-20-41(38-28-27-36-15-5-6-16-37(36)33-38)55(52)47-21-14-26-54-56(47)46-19-9-12-25-53(46)60-54/h5-35H,1-4H3. The summed E-state index contributed by atoms with van der Waals surface area (Å²) in [5.41, 5.74) is 20.2. The van der Waals surface area contributed by atoms with E-state index in [4.69, 9.17) is 4.42 Å². The molecule has 286 valence electrons. The van der Waals surface area contributed by atoms with E-state index in [2.05, 4.69) is 221 Å². The number of hydrogen-bond acceptors (Lipinski definition) is 2. The molecule has 0 amide bonds. The van der Waals surface area contributed by atoms with E-state index < -0.39 is 0 Å². The van der Waals surface area contributed by atoms with E-state index in [-0.39, 0.29) is 10.8 Å². The van der Waals surface area contributed by atoms with Crippen LogP contribution < -0.4 is 4.90 Å². The predicted octanol–water partition coefficient (Wildman–Crippen LogP) is 16.2. The Balaban J connectivity index is 1.18. The van der Waals surface area contributed by atoms with E-state index in [1.54, 1.807) is 0 Å². The molecule has 0 saturated carbocycles. The van der Waals surface area contributed by atoms with E-state index in [1.165, 1.54) is 66.4 Å². The van der Waals surface area contributed by atoms with Gasteiger partial charge in [0.05, 0.1) is 5.69 Å². The minimum Gasteiger partial charge on any atom is -0.456 e. The minimum absolute atomic E-state index is 0.160. The van der Waals surface area contributed by atoms with Crippen LogP contribution in [0.1, 0.15) is 49.9 Å². The first-order chi connectivity index (χ1) is 29.3. The topological polar surface area (TPSA) is 16.4 Å². The Morgan fingerprint density at radius 3 is 1.62 bits per heavy atom. The number of nitrogens with zero attached hydrogens (tertiary/aromatic N) is 1. The average molecular weight is 770 g/mol. The molecule has 0 N–H and O–H groups in total. The maximum atomic E-state index is 6.58. The van der Waals surface area contributed by atoms with Crippen LogP contribution in [0.3, 0.4) is 0 Å². The lowest BCUT2D eigenvalue weighted by molar-refractivity contribution is 0.660. The van der Waals surface area contributed by atoms with E-state index in [9.17, 15) is 0 Å². The molecule has 0 unspecified atom stereocenters. The molecule has 2 aliphatic carbocycles. The molecule has 0 atom stereocenters. The van der Waals surface area contributed by atoms with Gasteiger partial charge in [0, 0.05) is 38.5 Å². The van der Waals surface area contributed by atoms with Crippen molar-refractivity contribution in [2.24, 2.45) is 0 Å². The van der Waals surface area contributed by atoms with Gasteiger partial charge in [-0.05, 0) is 121 Å². The van der Waals surface area contributed by atoms with Gasteiger partial charge in [0.2, 0.25) is 0 Å². The van der Waals surface area contributed by atoms with Gasteiger partial charge in [-0.1, -0.05) is 167 Å². The Bertz CT molecular complexity index is 3290. The van der Waals surface area contributed by atoms with Gasteiger partial charge < -0.3 is 9.32 Å². The van der Waals surface area contributed by atoms with Crippen molar-refractivity contribution in [2.45, 2.75) is 38.5 Å². The van der Waals surface area contributed by atoms with Crippen molar-refractivity contribution >= 4 is 49.8 Å². The van der Waals surface area contributed by atoms with Crippen LogP contribution in [0.2, 0.25) is 0 Å². The molecule has 2 aliphatic rings. The average Bonchev–Trinajstić information content (AvgIpc) is 3.86. The molecule has 2 heteroatoms. The van der Waals surface area contributed by atoms with Gasteiger partial charge in [-0.2, -0.15) is 0 Å². The molecule has 0 fully saturated rings. The number of rotatable bonds is 5. The molecule has 12 rings (SSSR count). The molecule has 0 bridgehead atoms. The zero-order chi connectivity index (χ0) is 40.3. The van der Waals surface area contributed by atoms with Crippen molar-refractivity contribution in [3.05, 3.63) is 210 Å². The lowest BCUT2D eigenvalue weighted by atomic mass is 9.82. The second-order valence-electron chi connectivity index (χ2n) is 17.7. The second kappa shape index (κ2) is 12.7. The van der Waals surface area contributed by atoms with Gasteiger partial charge in [-0.25, -0.2) is 0 Å². The Labute approximate surface area is 351 Å². The van der Waals surface area contributed by atoms with Crippen LogP contribution in [0.5, 0.6) is 0 Å². The van der Waals surface area contributed by atoms with Gasteiger partial charge in [-0.3, -0.25) is 0 Å². The van der Waals surface area contributed by atoms with Gasteiger partial charge in [0.1, 0.15) is 11.2 Å². The monoisotopic (exact) mass is 769 g/mol. The summed E-state index contributed by atoms with van der Waals surface area (Å²) in [7, 11) is 0. The summed E-state index contributed by atoms with van der Waals surface area (Å²) in [6, 6.07) is 69.5. The number of hydrogen-bond donors (Lipinski definition) is 0. The van der Waals surface area contributed by atoms with Crippen LogP contribution in [0.25, 0.3) is 77.2 Å². The molecule has 60 heavy (non-hydrogen) atoms. The van der Waals surface area contributed by atoms with Crippen molar-refractivity contribution in [2.75, 3.05) is 4.90 Å².